The maximum Gasteiger partial charge on any atom is 0.152 e. The van der Waals surface area contributed by atoms with Crippen LogP contribution in [0.3, 0.4) is 0 Å². The summed E-state index contributed by atoms with van der Waals surface area (Å²) in [6.45, 7) is 4.12. The number of ketones is 1. The molecule has 0 saturated carbocycles. The van der Waals surface area contributed by atoms with Gasteiger partial charge in [0.25, 0.3) is 0 Å². The van der Waals surface area contributed by atoms with Crippen LogP contribution in [0, 0.1) is 0 Å². The number of rotatable bonds is 9. The molecule has 106 valence electrons. The SMILES string of the molecule is CCCCS(=O)C(CCC)C(=O)Cc1ccccc1. The Morgan fingerprint density at radius 2 is 1.84 bits per heavy atom. The second-order valence-electron chi connectivity index (χ2n) is 4.84. The topological polar surface area (TPSA) is 34.1 Å². The number of unbranched alkanes of at least 4 members (excludes halogenated alkanes) is 1. The van der Waals surface area contributed by atoms with Crippen LogP contribution >= 0.6 is 0 Å². The molecule has 3 heteroatoms. The van der Waals surface area contributed by atoms with Gasteiger partial charge in [0, 0.05) is 23.0 Å². The second kappa shape index (κ2) is 9.03. The molecule has 1 aromatic carbocycles. The van der Waals surface area contributed by atoms with Crippen molar-refractivity contribution < 1.29 is 9.00 Å². The molecule has 2 unspecified atom stereocenters. The van der Waals surface area contributed by atoms with Gasteiger partial charge in [-0.15, -0.1) is 0 Å². The summed E-state index contributed by atoms with van der Waals surface area (Å²) in [6.07, 6.45) is 4.01. The minimum absolute atomic E-state index is 0.127. The van der Waals surface area contributed by atoms with Crippen molar-refractivity contribution in [3.63, 3.8) is 0 Å². The van der Waals surface area contributed by atoms with Crippen LogP contribution in [0.25, 0.3) is 0 Å². The number of hydrogen-bond donors (Lipinski definition) is 0. The van der Waals surface area contributed by atoms with Gasteiger partial charge in [0.1, 0.15) is 0 Å². The fourth-order valence-corrected chi connectivity index (χ4v) is 3.77. The van der Waals surface area contributed by atoms with Gasteiger partial charge in [-0.25, -0.2) is 0 Å². The van der Waals surface area contributed by atoms with Crippen LogP contribution in [-0.4, -0.2) is 21.0 Å². The van der Waals surface area contributed by atoms with Crippen LogP contribution in [-0.2, 0) is 22.0 Å². The molecule has 1 aromatic rings. The fraction of sp³-hybridized carbons (Fsp3) is 0.562. The Morgan fingerprint density at radius 1 is 1.16 bits per heavy atom. The molecule has 2 atom stereocenters. The molecule has 0 aliphatic carbocycles. The van der Waals surface area contributed by atoms with E-state index in [4.69, 9.17) is 0 Å². The first-order valence-electron chi connectivity index (χ1n) is 7.12. The first-order chi connectivity index (χ1) is 9.19. The molecule has 0 fully saturated rings. The molecule has 0 saturated heterocycles. The molecule has 0 aliphatic heterocycles. The van der Waals surface area contributed by atoms with E-state index in [1.165, 1.54) is 0 Å². The Bertz CT molecular complexity index is 400. The first-order valence-corrected chi connectivity index (χ1v) is 8.51. The molecule has 0 spiro atoms. The normalized spacial score (nSPS) is 14.0. The lowest BCUT2D eigenvalue weighted by molar-refractivity contribution is -0.118. The molecule has 0 aliphatic rings. The van der Waals surface area contributed by atoms with E-state index in [-0.39, 0.29) is 11.0 Å². The van der Waals surface area contributed by atoms with Gasteiger partial charge in [-0.3, -0.25) is 9.00 Å². The highest BCUT2D eigenvalue weighted by atomic mass is 32.2. The van der Waals surface area contributed by atoms with E-state index in [0.29, 0.717) is 12.2 Å². The molecule has 0 bridgehead atoms. The number of benzene rings is 1. The zero-order chi connectivity index (χ0) is 14.1. The highest BCUT2D eigenvalue weighted by molar-refractivity contribution is 7.86. The van der Waals surface area contributed by atoms with Gasteiger partial charge in [0.15, 0.2) is 5.78 Å². The van der Waals surface area contributed by atoms with E-state index in [9.17, 15) is 9.00 Å². The van der Waals surface area contributed by atoms with Crippen LogP contribution in [0.4, 0.5) is 0 Å². The number of hydrogen-bond acceptors (Lipinski definition) is 2. The minimum Gasteiger partial charge on any atom is -0.298 e. The molecule has 0 aromatic heterocycles. The van der Waals surface area contributed by atoms with E-state index in [1.54, 1.807) is 0 Å². The highest BCUT2D eigenvalue weighted by Crippen LogP contribution is 2.12. The Balaban J connectivity index is 2.64. The summed E-state index contributed by atoms with van der Waals surface area (Å²) in [7, 11) is -1.01. The molecular formula is C16H24O2S. The van der Waals surface area contributed by atoms with Crippen LogP contribution < -0.4 is 0 Å². The van der Waals surface area contributed by atoms with Crippen molar-refractivity contribution in [2.75, 3.05) is 5.75 Å². The molecule has 0 amide bonds. The van der Waals surface area contributed by atoms with Gasteiger partial charge in [0.05, 0.1) is 5.25 Å². The summed E-state index contributed by atoms with van der Waals surface area (Å²) in [4.78, 5) is 12.3. The lowest BCUT2D eigenvalue weighted by Crippen LogP contribution is -2.29. The van der Waals surface area contributed by atoms with Crippen LogP contribution in [0.2, 0.25) is 0 Å². The summed E-state index contributed by atoms with van der Waals surface area (Å²) in [5.74, 6) is 0.782. The van der Waals surface area contributed by atoms with Gasteiger partial charge < -0.3 is 0 Å². The summed E-state index contributed by atoms with van der Waals surface area (Å²) in [5.41, 5.74) is 1.01. The monoisotopic (exact) mass is 280 g/mol. The molecule has 0 radical (unpaired) electrons. The van der Waals surface area contributed by atoms with E-state index in [0.717, 1.165) is 31.2 Å². The lowest BCUT2D eigenvalue weighted by atomic mass is 10.0. The second-order valence-corrected chi connectivity index (χ2v) is 6.58. The molecule has 1 rings (SSSR count). The Labute approximate surface area is 119 Å². The van der Waals surface area contributed by atoms with Crippen molar-refractivity contribution in [1.82, 2.24) is 0 Å². The van der Waals surface area contributed by atoms with Crippen LogP contribution in [0.15, 0.2) is 30.3 Å². The third-order valence-corrected chi connectivity index (χ3v) is 4.97. The van der Waals surface area contributed by atoms with Crippen molar-refractivity contribution in [3.05, 3.63) is 35.9 Å². The van der Waals surface area contributed by atoms with Crippen LogP contribution in [0.5, 0.6) is 0 Å². The summed E-state index contributed by atoms with van der Waals surface area (Å²) in [6, 6.07) is 9.72. The zero-order valence-corrected chi connectivity index (χ0v) is 12.7. The molecule has 2 nitrogen and oxygen atoms in total. The van der Waals surface area contributed by atoms with E-state index < -0.39 is 10.8 Å². The largest absolute Gasteiger partial charge is 0.298 e. The third kappa shape index (κ3) is 5.68. The van der Waals surface area contributed by atoms with E-state index in [2.05, 4.69) is 6.92 Å². The lowest BCUT2D eigenvalue weighted by Gasteiger charge is -2.14. The van der Waals surface area contributed by atoms with Crippen molar-refractivity contribution in [2.24, 2.45) is 0 Å². The number of carbonyl (C=O) groups is 1. The van der Waals surface area contributed by atoms with Gasteiger partial charge in [-0.1, -0.05) is 57.0 Å². The quantitative estimate of drug-likeness (QED) is 0.693. The predicted molar refractivity (Wildman–Crippen MR) is 81.8 cm³/mol. The number of Topliss-reactive ketones (excluding diaryl/α,β-unsaturated/α-hetero) is 1. The minimum atomic E-state index is -1.01. The number of carbonyl (C=O) groups excluding carboxylic acids is 1. The smallest absolute Gasteiger partial charge is 0.152 e. The van der Waals surface area contributed by atoms with Crippen molar-refractivity contribution in [2.45, 2.75) is 51.2 Å². The van der Waals surface area contributed by atoms with Gasteiger partial charge in [-0.05, 0) is 18.4 Å². The summed E-state index contributed by atoms with van der Waals surface area (Å²) < 4.78 is 12.2. The predicted octanol–water partition coefficient (Wildman–Crippen LogP) is 3.52. The Hall–Kier alpha value is -0.960. The standard InChI is InChI=1S/C16H24O2S/c1-3-5-12-19(18)16(9-4-2)15(17)13-14-10-7-6-8-11-14/h6-8,10-11,16H,3-5,9,12-13H2,1-2H3. The van der Waals surface area contributed by atoms with E-state index >= 15 is 0 Å². The molecule has 19 heavy (non-hydrogen) atoms. The maximum atomic E-state index is 12.3. The summed E-state index contributed by atoms with van der Waals surface area (Å²) in [5, 5.41) is -0.281. The average molecular weight is 280 g/mol. The Morgan fingerprint density at radius 3 is 2.42 bits per heavy atom. The zero-order valence-electron chi connectivity index (χ0n) is 11.9. The van der Waals surface area contributed by atoms with Crippen molar-refractivity contribution in [1.29, 1.82) is 0 Å². The third-order valence-electron chi connectivity index (χ3n) is 3.15. The fourth-order valence-electron chi connectivity index (χ4n) is 2.04. The van der Waals surface area contributed by atoms with Gasteiger partial charge >= 0.3 is 0 Å². The molecule has 0 heterocycles. The summed E-state index contributed by atoms with van der Waals surface area (Å²) >= 11 is 0. The average Bonchev–Trinajstić information content (AvgIpc) is 2.43. The van der Waals surface area contributed by atoms with Crippen LogP contribution in [0.1, 0.15) is 45.1 Å². The molecular weight excluding hydrogens is 256 g/mol. The van der Waals surface area contributed by atoms with E-state index in [1.807, 2.05) is 37.3 Å². The van der Waals surface area contributed by atoms with Gasteiger partial charge in [-0.2, -0.15) is 0 Å². The van der Waals surface area contributed by atoms with Gasteiger partial charge in [0.2, 0.25) is 0 Å². The van der Waals surface area contributed by atoms with Crippen molar-refractivity contribution in [3.8, 4) is 0 Å². The Kier molecular flexibility index (Phi) is 7.65. The van der Waals surface area contributed by atoms with Crippen molar-refractivity contribution >= 4 is 16.6 Å². The first kappa shape index (κ1) is 16.1. The molecule has 0 N–H and O–H groups in total. The highest BCUT2D eigenvalue weighted by Gasteiger charge is 2.23. The maximum absolute atomic E-state index is 12.3.